The molecule has 3 heteroatoms. The zero-order valence-electron chi connectivity index (χ0n) is 11.9. The zero-order valence-corrected chi connectivity index (χ0v) is 12.8. The summed E-state index contributed by atoms with van der Waals surface area (Å²) >= 11 is 0. The highest BCUT2D eigenvalue weighted by Gasteiger charge is 2.16. The van der Waals surface area contributed by atoms with Gasteiger partial charge in [0.15, 0.2) is 8.15 Å². The summed E-state index contributed by atoms with van der Waals surface area (Å²) in [6.07, 6.45) is 0.834. The second kappa shape index (κ2) is 7.02. The highest BCUT2D eigenvalue weighted by Crippen LogP contribution is 2.36. The van der Waals surface area contributed by atoms with Gasteiger partial charge in [0.25, 0.3) is 0 Å². The van der Waals surface area contributed by atoms with Crippen LogP contribution in [0.4, 0.5) is 0 Å². The highest BCUT2D eigenvalue weighted by molar-refractivity contribution is 7.68. The fourth-order valence-electron chi connectivity index (χ4n) is 2.09. The van der Waals surface area contributed by atoms with Crippen LogP contribution in [0.3, 0.4) is 0 Å². The topological polar surface area (TPSA) is 26.3 Å². The lowest BCUT2D eigenvalue weighted by Gasteiger charge is -2.19. The molecule has 0 amide bonds. The van der Waals surface area contributed by atoms with Gasteiger partial charge in [-0.1, -0.05) is 60.7 Å². The van der Waals surface area contributed by atoms with E-state index < -0.39 is 8.15 Å². The Morgan fingerprint density at radius 2 is 1.18 bits per heavy atom. The second-order valence-corrected chi connectivity index (χ2v) is 6.55. The van der Waals surface area contributed by atoms with Gasteiger partial charge in [0.1, 0.15) is 12.0 Å². The summed E-state index contributed by atoms with van der Waals surface area (Å²) in [5, 5.41) is 2.31. The smallest absolute Gasteiger partial charge is 0.150 e. The Balaban J connectivity index is 1.93. The van der Waals surface area contributed by atoms with Crippen molar-refractivity contribution in [2.24, 2.45) is 0 Å². The van der Waals surface area contributed by atoms with Gasteiger partial charge >= 0.3 is 0 Å². The van der Waals surface area contributed by atoms with Crippen LogP contribution in [0.5, 0.6) is 5.75 Å². The van der Waals surface area contributed by atoms with Crippen LogP contribution in [0, 0.1) is 0 Å². The van der Waals surface area contributed by atoms with E-state index in [-0.39, 0.29) is 0 Å². The Labute approximate surface area is 131 Å². The first-order valence-electron chi connectivity index (χ1n) is 7.00. The van der Waals surface area contributed by atoms with Crippen molar-refractivity contribution in [3.8, 4) is 5.75 Å². The number of hydrogen-bond acceptors (Lipinski definition) is 2. The molecule has 0 aliphatic rings. The molecule has 3 aromatic carbocycles. The number of hydrogen-bond donors (Lipinski definition) is 0. The van der Waals surface area contributed by atoms with E-state index in [0.717, 1.165) is 22.6 Å². The van der Waals surface area contributed by atoms with Gasteiger partial charge < -0.3 is 4.52 Å². The number of carbonyl (C=O) groups is 1. The van der Waals surface area contributed by atoms with Crippen LogP contribution in [0.2, 0.25) is 0 Å². The van der Waals surface area contributed by atoms with Gasteiger partial charge in [0.2, 0.25) is 0 Å². The molecule has 0 bridgehead atoms. The Kier molecular flexibility index (Phi) is 4.62. The first-order valence-corrected chi connectivity index (χ1v) is 8.26. The lowest BCUT2D eigenvalue weighted by molar-refractivity contribution is 0.112. The van der Waals surface area contributed by atoms with Gasteiger partial charge in [-0.3, -0.25) is 4.79 Å². The van der Waals surface area contributed by atoms with Gasteiger partial charge in [0.05, 0.1) is 0 Å². The Bertz CT molecular complexity index is 685. The van der Waals surface area contributed by atoms with Gasteiger partial charge in [-0.25, -0.2) is 0 Å². The predicted octanol–water partition coefficient (Wildman–Crippen LogP) is 3.93. The van der Waals surface area contributed by atoms with Crippen LogP contribution >= 0.6 is 8.15 Å². The summed E-state index contributed by atoms with van der Waals surface area (Å²) < 4.78 is 6.23. The van der Waals surface area contributed by atoms with Crippen LogP contribution in [-0.4, -0.2) is 6.29 Å². The average molecular weight is 306 g/mol. The van der Waals surface area contributed by atoms with Crippen molar-refractivity contribution in [2.75, 3.05) is 0 Å². The Morgan fingerprint density at radius 3 is 1.64 bits per heavy atom. The van der Waals surface area contributed by atoms with Crippen LogP contribution in [0.25, 0.3) is 0 Å². The number of benzene rings is 3. The summed E-state index contributed by atoms with van der Waals surface area (Å²) in [6, 6.07) is 27.6. The molecule has 0 spiro atoms. The van der Waals surface area contributed by atoms with Crippen molar-refractivity contribution in [3.05, 3.63) is 90.5 Å². The van der Waals surface area contributed by atoms with Gasteiger partial charge in [0, 0.05) is 16.2 Å². The minimum atomic E-state index is -0.929. The highest BCUT2D eigenvalue weighted by atomic mass is 31.1. The fraction of sp³-hybridized carbons (Fsp3) is 0. The number of rotatable bonds is 5. The molecule has 0 aromatic heterocycles. The third-order valence-electron chi connectivity index (χ3n) is 3.19. The molecule has 0 heterocycles. The third-order valence-corrected chi connectivity index (χ3v) is 5.12. The first-order chi connectivity index (χ1) is 10.9. The Morgan fingerprint density at radius 1 is 0.682 bits per heavy atom. The van der Waals surface area contributed by atoms with Crippen molar-refractivity contribution in [3.63, 3.8) is 0 Å². The molecule has 3 rings (SSSR count). The largest absolute Gasteiger partial charge is 0.464 e. The molecular formula is C19H15O2P. The van der Waals surface area contributed by atoms with Crippen LogP contribution in [-0.2, 0) is 0 Å². The van der Waals surface area contributed by atoms with E-state index in [0.29, 0.717) is 5.56 Å². The molecular weight excluding hydrogens is 291 g/mol. The number of carbonyl (C=O) groups excluding carboxylic acids is 1. The molecule has 0 unspecified atom stereocenters. The molecule has 0 aliphatic carbocycles. The molecule has 0 saturated heterocycles. The maximum Gasteiger partial charge on any atom is 0.150 e. The molecule has 108 valence electrons. The lowest BCUT2D eigenvalue weighted by atomic mass is 10.2. The minimum Gasteiger partial charge on any atom is -0.464 e. The van der Waals surface area contributed by atoms with Gasteiger partial charge in [-0.05, 0) is 24.3 Å². The van der Waals surface area contributed by atoms with E-state index in [1.54, 1.807) is 12.1 Å². The van der Waals surface area contributed by atoms with E-state index in [4.69, 9.17) is 4.52 Å². The van der Waals surface area contributed by atoms with Crippen molar-refractivity contribution in [1.82, 2.24) is 0 Å². The molecule has 2 nitrogen and oxygen atoms in total. The molecule has 0 atom stereocenters. The summed E-state index contributed by atoms with van der Waals surface area (Å²) in [5.74, 6) is 0.768. The quantitative estimate of drug-likeness (QED) is 0.527. The molecule has 0 radical (unpaired) electrons. The van der Waals surface area contributed by atoms with Crippen LogP contribution in [0.15, 0.2) is 84.9 Å². The second-order valence-electron chi connectivity index (χ2n) is 4.74. The van der Waals surface area contributed by atoms with Crippen molar-refractivity contribution < 1.29 is 9.32 Å². The molecule has 22 heavy (non-hydrogen) atoms. The predicted molar refractivity (Wildman–Crippen MR) is 91.5 cm³/mol. The van der Waals surface area contributed by atoms with Gasteiger partial charge in [-0.15, -0.1) is 0 Å². The molecule has 0 fully saturated rings. The fourth-order valence-corrected chi connectivity index (χ4v) is 3.82. The standard InChI is InChI=1S/C19H15O2P/c20-15-16-11-13-17(14-12-16)21-22(18-7-3-1-4-8-18)19-9-5-2-6-10-19/h1-15H. The van der Waals surface area contributed by atoms with Crippen LogP contribution < -0.4 is 15.1 Å². The molecule has 0 aliphatic heterocycles. The Hall–Kier alpha value is -2.44. The average Bonchev–Trinajstić information content (AvgIpc) is 2.62. The van der Waals surface area contributed by atoms with E-state index in [9.17, 15) is 4.79 Å². The summed E-state index contributed by atoms with van der Waals surface area (Å²) in [6.45, 7) is 0. The van der Waals surface area contributed by atoms with Crippen LogP contribution in [0.1, 0.15) is 10.4 Å². The van der Waals surface area contributed by atoms with E-state index in [2.05, 4.69) is 24.3 Å². The summed E-state index contributed by atoms with van der Waals surface area (Å²) in [5.41, 5.74) is 0.649. The van der Waals surface area contributed by atoms with Gasteiger partial charge in [-0.2, -0.15) is 0 Å². The molecule has 0 saturated carbocycles. The zero-order chi connectivity index (χ0) is 15.2. The van der Waals surface area contributed by atoms with E-state index in [1.165, 1.54) is 0 Å². The van der Waals surface area contributed by atoms with Crippen molar-refractivity contribution in [2.45, 2.75) is 0 Å². The van der Waals surface area contributed by atoms with E-state index in [1.807, 2.05) is 48.5 Å². The lowest BCUT2D eigenvalue weighted by Crippen LogP contribution is -2.15. The van der Waals surface area contributed by atoms with Crippen molar-refractivity contribution in [1.29, 1.82) is 0 Å². The summed E-state index contributed by atoms with van der Waals surface area (Å²) in [7, 11) is -0.929. The molecule has 3 aromatic rings. The minimum absolute atomic E-state index is 0.649. The summed E-state index contributed by atoms with van der Waals surface area (Å²) in [4.78, 5) is 10.7. The molecule has 0 N–H and O–H groups in total. The maximum absolute atomic E-state index is 10.7. The third kappa shape index (κ3) is 3.41. The van der Waals surface area contributed by atoms with E-state index >= 15 is 0 Å². The van der Waals surface area contributed by atoms with Crippen molar-refractivity contribution >= 4 is 25.0 Å². The monoisotopic (exact) mass is 306 g/mol. The maximum atomic E-state index is 10.7. The number of aldehydes is 1. The SMILES string of the molecule is O=Cc1ccc(OP(c2ccccc2)c2ccccc2)cc1. The first kappa shape index (κ1) is 14.5. The normalized spacial score (nSPS) is 10.4.